The van der Waals surface area contributed by atoms with Crippen LogP contribution in [-0.2, 0) is 12.7 Å². The van der Waals surface area contributed by atoms with E-state index in [0.717, 1.165) is 12.1 Å². The largest absolute Gasteiger partial charge is 0.444 e. The van der Waals surface area contributed by atoms with Crippen LogP contribution >= 0.6 is 15.9 Å². The van der Waals surface area contributed by atoms with E-state index in [-0.39, 0.29) is 23.8 Å². The predicted molar refractivity (Wildman–Crippen MR) is 113 cm³/mol. The second-order valence-electron chi connectivity index (χ2n) is 6.84. The fourth-order valence-corrected chi connectivity index (χ4v) is 3.31. The van der Waals surface area contributed by atoms with Gasteiger partial charge in [0.2, 0.25) is 0 Å². The molecule has 3 aromatic rings. The predicted octanol–water partition coefficient (Wildman–Crippen LogP) is 5.61. The molecule has 2 aromatic carbocycles. The van der Waals surface area contributed by atoms with E-state index in [9.17, 15) is 22.8 Å². The minimum atomic E-state index is -4.42. The number of hydrogen-bond donors (Lipinski definition) is 0. The quantitative estimate of drug-likeness (QED) is 0.463. The molecule has 3 rings (SSSR count). The highest BCUT2D eigenvalue weighted by molar-refractivity contribution is 9.10. The first-order chi connectivity index (χ1) is 14.6. The Labute approximate surface area is 185 Å². The third-order valence-corrected chi connectivity index (χ3v) is 5.06. The van der Waals surface area contributed by atoms with Gasteiger partial charge in [0.05, 0.1) is 16.8 Å². The van der Waals surface area contributed by atoms with Crippen LogP contribution in [0.15, 0.2) is 69.8 Å². The summed E-state index contributed by atoms with van der Waals surface area (Å²) >= 11 is 3.15. The molecular weight excluding hydrogens is 477 g/mol. The normalized spacial score (nSPS) is 11.3. The molecule has 0 aliphatic carbocycles. The first-order valence-corrected chi connectivity index (χ1v) is 9.91. The molecule has 9 heteroatoms. The average molecular weight is 495 g/mol. The van der Waals surface area contributed by atoms with Gasteiger partial charge in [0.1, 0.15) is 0 Å². The highest BCUT2D eigenvalue weighted by Gasteiger charge is 2.30. The van der Waals surface area contributed by atoms with Gasteiger partial charge in [-0.2, -0.15) is 13.2 Å². The van der Waals surface area contributed by atoms with E-state index in [0.29, 0.717) is 15.9 Å². The third-order valence-electron chi connectivity index (χ3n) is 4.63. The maximum atomic E-state index is 13.0. The van der Waals surface area contributed by atoms with Gasteiger partial charge in [0.15, 0.2) is 10.4 Å². The second-order valence-corrected chi connectivity index (χ2v) is 7.62. The summed E-state index contributed by atoms with van der Waals surface area (Å²) in [5.74, 6) is -0.707. The molecule has 0 N–H and O–H groups in total. The van der Waals surface area contributed by atoms with Crippen molar-refractivity contribution in [1.82, 2.24) is 4.90 Å². The Kier molecular flexibility index (Phi) is 6.54. The number of halogens is 4. The lowest BCUT2D eigenvalue weighted by Gasteiger charge is -2.23. The Morgan fingerprint density at radius 2 is 1.58 bits per heavy atom. The lowest BCUT2D eigenvalue weighted by atomic mass is 10.1. The molecule has 0 atom stereocenters. The summed E-state index contributed by atoms with van der Waals surface area (Å²) in [6.45, 7) is 0.105. The van der Waals surface area contributed by atoms with Crippen molar-refractivity contribution in [2.75, 3.05) is 19.0 Å². The zero-order valence-electron chi connectivity index (χ0n) is 16.6. The van der Waals surface area contributed by atoms with E-state index < -0.39 is 17.6 Å². The average Bonchev–Trinajstić information content (AvgIpc) is 3.18. The van der Waals surface area contributed by atoms with Crippen LogP contribution in [0.1, 0.15) is 32.0 Å². The van der Waals surface area contributed by atoms with E-state index >= 15 is 0 Å². The van der Waals surface area contributed by atoms with E-state index in [1.807, 2.05) is 0 Å². The Balaban J connectivity index is 1.79. The molecule has 0 saturated heterocycles. The van der Waals surface area contributed by atoms with Crippen LogP contribution in [0.5, 0.6) is 0 Å². The molecule has 0 spiro atoms. The fourth-order valence-electron chi connectivity index (χ4n) is 3.00. The molecule has 0 saturated carbocycles. The molecular formula is C22H18BrF3N2O3. The number of nitrogens with zero attached hydrogens (tertiary/aromatic N) is 2. The molecule has 5 nitrogen and oxygen atoms in total. The Bertz CT molecular complexity index is 1090. The van der Waals surface area contributed by atoms with Gasteiger partial charge >= 0.3 is 6.18 Å². The van der Waals surface area contributed by atoms with Crippen molar-refractivity contribution in [3.63, 3.8) is 0 Å². The van der Waals surface area contributed by atoms with Gasteiger partial charge in [-0.15, -0.1) is 0 Å². The molecule has 0 aliphatic rings. The molecule has 0 radical (unpaired) electrons. The summed E-state index contributed by atoms with van der Waals surface area (Å²) in [4.78, 5) is 28.4. The SMILES string of the molecule is CN(Cc1ccc(C(F)(F)F)cc1)C(=O)c1ccccc1N(C)C(=O)c1ccc(Br)o1. The standard InChI is InChI=1S/C22H18BrF3N2O3/c1-27(13-14-7-9-15(10-8-14)22(24,25)26)20(29)16-5-3-4-6-17(16)28(2)21(30)18-11-12-19(23)31-18/h3-12H,13H2,1-2H3. The highest BCUT2D eigenvalue weighted by atomic mass is 79.9. The number of carbonyl (C=O) groups is 2. The topological polar surface area (TPSA) is 53.8 Å². The first kappa shape index (κ1) is 22.6. The molecule has 0 bridgehead atoms. The minimum absolute atomic E-state index is 0.105. The Morgan fingerprint density at radius 3 is 2.16 bits per heavy atom. The third kappa shape index (κ3) is 5.16. The molecule has 2 amide bonds. The van der Waals surface area contributed by atoms with Crippen molar-refractivity contribution in [3.8, 4) is 0 Å². The summed E-state index contributed by atoms with van der Waals surface area (Å²) in [6.07, 6.45) is -4.42. The number of benzene rings is 2. The molecule has 162 valence electrons. The number of furan rings is 1. The Morgan fingerprint density at radius 1 is 0.935 bits per heavy atom. The van der Waals surface area contributed by atoms with Crippen LogP contribution in [0.25, 0.3) is 0 Å². The van der Waals surface area contributed by atoms with Gasteiger partial charge in [0.25, 0.3) is 11.8 Å². The number of anilines is 1. The lowest BCUT2D eigenvalue weighted by molar-refractivity contribution is -0.137. The number of para-hydroxylation sites is 1. The van der Waals surface area contributed by atoms with Crippen LogP contribution in [0, 0.1) is 0 Å². The van der Waals surface area contributed by atoms with Gasteiger partial charge in [-0.05, 0) is 57.9 Å². The zero-order valence-corrected chi connectivity index (χ0v) is 18.2. The van der Waals surface area contributed by atoms with Crippen molar-refractivity contribution < 1.29 is 27.2 Å². The van der Waals surface area contributed by atoms with Gasteiger partial charge in [-0.3, -0.25) is 9.59 Å². The van der Waals surface area contributed by atoms with Gasteiger partial charge in [0, 0.05) is 20.6 Å². The molecule has 0 fully saturated rings. The fraction of sp³-hybridized carbons (Fsp3) is 0.182. The minimum Gasteiger partial charge on any atom is -0.444 e. The first-order valence-electron chi connectivity index (χ1n) is 9.12. The van der Waals surface area contributed by atoms with Gasteiger partial charge < -0.3 is 14.2 Å². The summed E-state index contributed by atoms with van der Waals surface area (Å²) < 4.78 is 43.9. The smallest absolute Gasteiger partial charge is 0.416 e. The summed E-state index contributed by atoms with van der Waals surface area (Å²) in [7, 11) is 3.07. The summed E-state index contributed by atoms with van der Waals surface area (Å²) in [5.41, 5.74) is 0.453. The maximum Gasteiger partial charge on any atom is 0.416 e. The monoisotopic (exact) mass is 494 g/mol. The zero-order chi connectivity index (χ0) is 22.8. The van der Waals surface area contributed by atoms with Crippen LogP contribution in [0.2, 0.25) is 0 Å². The molecule has 1 heterocycles. The van der Waals surface area contributed by atoms with Crippen molar-refractivity contribution in [1.29, 1.82) is 0 Å². The van der Waals surface area contributed by atoms with E-state index in [2.05, 4.69) is 15.9 Å². The van der Waals surface area contributed by atoms with Crippen molar-refractivity contribution in [2.45, 2.75) is 12.7 Å². The molecule has 0 aliphatic heterocycles. The highest BCUT2D eigenvalue weighted by Crippen LogP contribution is 2.29. The number of alkyl halides is 3. The van der Waals surface area contributed by atoms with Crippen LogP contribution in [0.4, 0.5) is 18.9 Å². The maximum absolute atomic E-state index is 13.0. The van der Waals surface area contributed by atoms with Gasteiger partial charge in [-0.1, -0.05) is 24.3 Å². The summed E-state index contributed by atoms with van der Waals surface area (Å²) in [6, 6.07) is 14.3. The van der Waals surface area contributed by atoms with Crippen molar-refractivity contribution in [3.05, 3.63) is 87.8 Å². The lowest BCUT2D eigenvalue weighted by Crippen LogP contribution is -2.31. The number of rotatable bonds is 5. The van der Waals surface area contributed by atoms with E-state index in [4.69, 9.17) is 4.42 Å². The van der Waals surface area contributed by atoms with Crippen LogP contribution < -0.4 is 4.90 Å². The van der Waals surface area contributed by atoms with Crippen molar-refractivity contribution in [2.24, 2.45) is 0 Å². The molecule has 1 aromatic heterocycles. The van der Waals surface area contributed by atoms with E-state index in [1.165, 1.54) is 35.0 Å². The van der Waals surface area contributed by atoms with Crippen LogP contribution in [-0.4, -0.2) is 30.8 Å². The second kappa shape index (κ2) is 8.97. The summed E-state index contributed by atoms with van der Waals surface area (Å²) in [5, 5.41) is 0. The van der Waals surface area contributed by atoms with Crippen molar-refractivity contribution >= 4 is 33.4 Å². The van der Waals surface area contributed by atoms with Gasteiger partial charge in [-0.25, -0.2) is 0 Å². The molecule has 31 heavy (non-hydrogen) atoms. The van der Waals surface area contributed by atoms with Crippen LogP contribution in [0.3, 0.4) is 0 Å². The number of amides is 2. The Hall–Kier alpha value is -3.07. The number of hydrogen-bond acceptors (Lipinski definition) is 3. The number of carbonyl (C=O) groups excluding carboxylic acids is 2. The molecule has 0 unspecified atom stereocenters. The van der Waals surface area contributed by atoms with E-state index in [1.54, 1.807) is 37.4 Å².